The summed E-state index contributed by atoms with van der Waals surface area (Å²) in [7, 11) is 0. The highest BCUT2D eigenvalue weighted by Gasteiger charge is 2.51. The molecule has 1 fully saturated rings. The molecule has 0 saturated heterocycles. The predicted octanol–water partition coefficient (Wildman–Crippen LogP) is 6.43. The van der Waals surface area contributed by atoms with E-state index in [2.05, 4.69) is 26.8 Å². The van der Waals surface area contributed by atoms with E-state index >= 15 is 0 Å². The van der Waals surface area contributed by atoms with Crippen LogP contribution in [0.15, 0.2) is 22.8 Å². The van der Waals surface area contributed by atoms with Gasteiger partial charge in [0.15, 0.2) is 0 Å². The van der Waals surface area contributed by atoms with Crippen molar-refractivity contribution in [1.29, 1.82) is 0 Å². The smallest absolute Gasteiger partial charge is 0.00822 e. The molecule has 0 aliphatic heterocycles. The fraction of sp³-hybridized carbons (Fsp3) is 0.810. The van der Waals surface area contributed by atoms with Crippen molar-refractivity contribution >= 4 is 0 Å². The van der Waals surface area contributed by atoms with E-state index < -0.39 is 0 Å². The summed E-state index contributed by atoms with van der Waals surface area (Å²) >= 11 is 0. The van der Waals surface area contributed by atoms with Crippen molar-refractivity contribution in [1.82, 2.24) is 0 Å². The molecule has 116 valence electrons. The van der Waals surface area contributed by atoms with Crippen molar-refractivity contribution < 1.29 is 0 Å². The Labute approximate surface area is 131 Å². The Bertz CT molecular complexity index is 508. The van der Waals surface area contributed by atoms with Crippen LogP contribution in [0.25, 0.3) is 0 Å². The van der Waals surface area contributed by atoms with Crippen LogP contribution in [0.2, 0.25) is 0 Å². The molecule has 21 heavy (non-hydrogen) atoms. The van der Waals surface area contributed by atoms with E-state index in [0.29, 0.717) is 10.8 Å². The van der Waals surface area contributed by atoms with E-state index in [4.69, 9.17) is 0 Å². The zero-order valence-electron chi connectivity index (χ0n) is 14.3. The first-order valence-corrected chi connectivity index (χ1v) is 9.50. The fourth-order valence-electron chi connectivity index (χ4n) is 6.50. The van der Waals surface area contributed by atoms with Crippen LogP contribution in [0.5, 0.6) is 0 Å². The Hall–Kier alpha value is -0.520. The molecule has 4 aliphatic carbocycles. The molecule has 0 aromatic heterocycles. The summed E-state index contributed by atoms with van der Waals surface area (Å²) in [5.41, 5.74) is 6.82. The highest BCUT2D eigenvalue weighted by Crippen LogP contribution is 2.62. The van der Waals surface area contributed by atoms with Gasteiger partial charge < -0.3 is 0 Å². The normalized spacial score (nSPS) is 45.8. The maximum atomic E-state index is 2.62. The Kier molecular flexibility index (Phi) is 3.18. The number of fused-ring (bicyclic) bond motifs is 4. The van der Waals surface area contributed by atoms with Gasteiger partial charge >= 0.3 is 0 Å². The van der Waals surface area contributed by atoms with E-state index in [9.17, 15) is 0 Å². The standard InChI is InChI=1S/C21H32/c1-4-20(2)14-12-17-16-9-8-15-7-5-6-13-21(15,3)19(16)11-10-18(17)20/h7,16,19H,4-6,8-14H2,1-3H3/t16-,19-,20+,21-/m0/s1. The second-order valence-corrected chi connectivity index (χ2v) is 8.75. The number of allylic oxidation sites excluding steroid dienone is 4. The lowest BCUT2D eigenvalue weighted by Crippen LogP contribution is -2.42. The SMILES string of the molecule is CC[C@]1(C)CCC2=C1CC[C@H]1[C@H]2CCC2=CCCC[C@@]21C. The van der Waals surface area contributed by atoms with Crippen LogP contribution in [0.4, 0.5) is 0 Å². The molecule has 4 atom stereocenters. The van der Waals surface area contributed by atoms with Crippen molar-refractivity contribution in [3.05, 3.63) is 22.8 Å². The topological polar surface area (TPSA) is 0 Å². The minimum atomic E-state index is 0.559. The summed E-state index contributed by atoms with van der Waals surface area (Å²) in [6.07, 6.45) is 16.9. The molecular weight excluding hydrogens is 252 g/mol. The highest BCUT2D eigenvalue weighted by atomic mass is 14.6. The Morgan fingerprint density at radius 3 is 2.76 bits per heavy atom. The number of hydrogen-bond acceptors (Lipinski definition) is 0. The van der Waals surface area contributed by atoms with Gasteiger partial charge in [-0.2, -0.15) is 0 Å². The molecule has 0 heterocycles. The molecule has 0 spiro atoms. The summed E-state index contributed by atoms with van der Waals surface area (Å²) in [6.45, 7) is 7.58. The van der Waals surface area contributed by atoms with Gasteiger partial charge in [-0.3, -0.25) is 0 Å². The largest absolute Gasteiger partial charge is 0.0848 e. The minimum Gasteiger partial charge on any atom is -0.0848 e. The molecule has 4 rings (SSSR count). The molecule has 0 nitrogen and oxygen atoms in total. The lowest BCUT2D eigenvalue weighted by molar-refractivity contribution is 0.0944. The minimum absolute atomic E-state index is 0.559. The van der Waals surface area contributed by atoms with Gasteiger partial charge in [-0.05, 0) is 86.9 Å². The van der Waals surface area contributed by atoms with Crippen molar-refractivity contribution in [2.24, 2.45) is 22.7 Å². The quantitative estimate of drug-likeness (QED) is 0.487. The van der Waals surface area contributed by atoms with Gasteiger partial charge in [0.1, 0.15) is 0 Å². The van der Waals surface area contributed by atoms with Crippen molar-refractivity contribution in [3.63, 3.8) is 0 Å². The maximum Gasteiger partial charge on any atom is -0.00822 e. The summed E-state index contributed by atoms with van der Waals surface area (Å²) in [6, 6.07) is 0. The van der Waals surface area contributed by atoms with E-state index in [0.717, 1.165) is 11.8 Å². The van der Waals surface area contributed by atoms with Crippen molar-refractivity contribution in [2.75, 3.05) is 0 Å². The third-order valence-electron chi connectivity index (χ3n) is 8.05. The van der Waals surface area contributed by atoms with Crippen molar-refractivity contribution in [3.8, 4) is 0 Å². The van der Waals surface area contributed by atoms with E-state index in [1.165, 1.54) is 64.2 Å². The predicted molar refractivity (Wildman–Crippen MR) is 90.1 cm³/mol. The second-order valence-electron chi connectivity index (χ2n) is 8.75. The average molecular weight is 284 g/mol. The molecule has 0 amide bonds. The molecule has 0 aromatic rings. The molecule has 0 radical (unpaired) electrons. The van der Waals surface area contributed by atoms with Gasteiger partial charge in [-0.15, -0.1) is 0 Å². The van der Waals surface area contributed by atoms with Crippen LogP contribution in [-0.4, -0.2) is 0 Å². The van der Waals surface area contributed by atoms with Crippen LogP contribution >= 0.6 is 0 Å². The first-order chi connectivity index (χ1) is 10.1. The Balaban J connectivity index is 1.71. The molecule has 4 aliphatic rings. The van der Waals surface area contributed by atoms with Gasteiger partial charge in [0.2, 0.25) is 0 Å². The van der Waals surface area contributed by atoms with Gasteiger partial charge in [0, 0.05) is 0 Å². The molecule has 0 bridgehead atoms. The van der Waals surface area contributed by atoms with E-state index in [1.54, 1.807) is 0 Å². The zero-order chi connectivity index (χ0) is 14.7. The molecule has 1 saturated carbocycles. The summed E-state index contributed by atoms with van der Waals surface area (Å²) in [5, 5.41) is 0. The summed E-state index contributed by atoms with van der Waals surface area (Å²) in [4.78, 5) is 0. The third-order valence-corrected chi connectivity index (χ3v) is 8.05. The van der Waals surface area contributed by atoms with Gasteiger partial charge in [-0.25, -0.2) is 0 Å². The van der Waals surface area contributed by atoms with Crippen LogP contribution < -0.4 is 0 Å². The molecule has 0 heteroatoms. The third kappa shape index (κ3) is 1.87. The zero-order valence-corrected chi connectivity index (χ0v) is 14.3. The molecular formula is C21H32. The first kappa shape index (κ1) is 14.1. The summed E-state index contributed by atoms with van der Waals surface area (Å²) in [5.74, 6) is 1.91. The number of rotatable bonds is 1. The van der Waals surface area contributed by atoms with Crippen LogP contribution in [0.3, 0.4) is 0 Å². The molecule has 0 N–H and O–H groups in total. The van der Waals surface area contributed by atoms with Gasteiger partial charge in [0.05, 0.1) is 0 Å². The number of hydrogen-bond donors (Lipinski definition) is 0. The Morgan fingerprint density at radius 1 is 1.10 bits per heavy atom. The average Bonchev–Trinajstić information content (AvgIpc) is 2.85. The van der Waals surface area contributed by atoms with Crippen molar-refractivity contribution in [2.45, 2.75) is 85.0 Å². The van der Waals surface area contributed by atoms with Crippen LogP contribution in [-0.2, 0) is 0 Å². The molecule has 0 unspecified atom stereocenters. The van der Waals surface area contributed by atoms with Crippen LogP contribution in [0, 0.1) is 22.7 Å². The first-order valence-electron chi connectivity index (χ1n) is 9.50. The lowest BCUT2D eigenvalue weighted by Gasteiger charge is -2.53. The summed E-state index contributed by atoms with van der Waals surface area (Å²) < 4.78 is 0. The van der Waals surface area contributed by atoms with E-state index in [1.807, 2.05) is 16.7 Å². The monoisotopic (exact) mass is 284 g/mol. The lowest BCUT2D eigenvalue weighted by atomic mass is 9.52. The second kappa shape index (κ2) is 4.74. The molecule has 0 aromatic carbocycles. The fourth-order valence-corrected chi connectivity index (χ4v) is 6.50. The van der Waals surface area contributed by atoms with Gasteiger partial charge in [-0.1, -0.05) is 43.6 Å². The maximum absolute atomic E-state index is 2.62. The van der Waals surface area contributed by atoms with Crippen LogP contribution in [0.1, 0.15) is 85.0 Å². The van der Waals surface area contributed by atoms with E-state index in [-0.39, 0.29) is 0 Å². The highest BCUT2D eigenvalue weighted by molar-refractivity contribution is 5.36. The Morgan fingerprint density at radius 2 is 1.95 bits per heavy atom. The van der Waals surface area contributed by atoms with Gasteiger partial charge in [0.25, 0.3) is 0 Å².